The highest BCUT2D eigenvalue weighted by Crippen LogP contribution is 2.25. The molecule has 25 heavy (non-hydrogen) atoms. The SMILES string of the molecule is CCNC(=O)c1cc(S(=O)(=O)Nc2ccc(F)cc2F)ccc1OC. The molecule has 0 unspecified atom stereocenters. The number of halogens is 2. The van der Waals surface area contributed by atoms with Crippen LogP contribution in [-0.2, 0) is 10.0 Å². The molecule has 1 amide bonds. The first-order valence-corrected chi connectivity index (χ1v) is 8.71. The van der Waals surface area contributed by atoms with Crippen molar-refractivity contribution in [3.05, 3.63) is 53.6 Å². The molecule has 0 fully saturated rings. The number of ether oxygens (including phenoxy) is 1. The molecule has 0 radical (unpaired) electrons. The number of carbonyl (C=O) groups is 1. The van der Waals surface area contributed by atoms with Gasteiger partial charge in [-0.25, -0.2) is 17.2 Å². The fraction of sp³-hybridized carbons (Fsp3) is 0.188. The van der Waals surface area contributed by atoms with Crippen LogP contribution in [0, 0.1) is 11.6 Å². The second-order valence-electron chi connectivity index (χ2n) is 4.95. The van der Waals surface area contributed by atoms with Gasteiger partial charge in [0.2, 0.25) is 0 Å². The second kappa shape index (κ2) is 7.47. The molecule has 0 saturated heterocycles. The summed E-state index contributed by atoms with van der Waals surface area (Å²) in [6, 6.07) is 6.11. The maximum atomic E-state index is 13.7. The van der Waals surface area contributed by atoms with E-state index in [9.17, 15) is 22.0 Å². The lowest BCUT2D eigenvalue weighted by Crippen LogP contribution is -2.24. The molecule has 0 heterocycles. The number of benzene rings is 2. The fourth-order valence-electron chi connectivity index (χ4n) is 2.06. The van der Waals surface area contributed by atoms with Crippen molar-refractivity contribution < 1.29 is 26.7 Å². The van der Waals surface area contributed by atoms with Gasteiger partial charge in [-0.3, -0.25) is 9.52 Å². The lowest BCUT2D eigenvalue weighted by molar-refractivity contribution is 0.0952. The molecule has 0 atom stereocenters. The van der Waals surface area contributed by atoms with Crippen molar-refractivity contribution in [2.45, 2.75) is 11.8 Å². The normalized spacial score (nSPS) is 11.0. The predicted octanol–water partition coefficient (Wildman–Crippen LogP) is 2.52. The van der Waals surface area contributed by atoms with Crippen LogP contribution in [-0.4, -0.2) is 28.0 Å². The Morgan fingerprint density at radius 3 is 2.48 bits per heavy atom. The highest BCUT2D eigenvalue weighted by atomic mass is 32.2. The molecule has 9 heteroatoms. The maximum absolute atomic E-state index is 13.7. The number of carbonyl (C=O) groups excluding carboxylic acids is 1. The minimum atomic E-state index is -4.19. The van der Waals surface area contributed by atoms with E-state index in [1.165, 1.54) is 19.2 Å². The second-order valence-corrected chi connectivity index (χ2v) is 6.63. The third-order valence-electron chi connectivity index (χ3n) is 3.24. The lowest BCUT2D eigenvalue weighted by Gasteiger charge is -2.12. The van der Waals surface area contributed by atoms with Crippen molar-refractivity contribution in [1.82, 2.24) is 5.32 Å². The molecule has 0 aromatic heterocycles. The predicted molar refractivity (Wildman–Crippen MR) is 88.2 cm³/mol. The Bertz CT molecular complexity index is 901. The van der Waals surface area contributed by atoms with Crippen LogP contribution in [0.15, 0.2) is 41.3 Å². The van der Waals surface area contributed by atoms with E-state index < -0.39 is 33.3 Å². The van der Waals surface area contributed by atoms with Gasteiger partial charge in [0.25, 0.3) is 15.9 Å². The summed E-state index contributed by atoms with van der Waals surface area (Å²) in [5, 5.41) is 2.54. The number of nitrogens with one attached hydrogen (secondary N) is 2. The summed E-state index contributed by atoms with van der Waals surface area (Å²) in [6.45, 7) is 2.06. The average Bonchev–Trinajstić information content (AvgIpc) is 2.57. The molecular formula is C16H16F2N2O4S. The monoisotopic (exact) mass is 370 g/mol. The van der Waals surface area contributed by atoms with Crippen LogP contribution in [0.2, 0.25) is 0 Å². The Kier molecular flexibility index (Phi) is 5.58. The van der Waals surface area contributed by atoms with Crippen LogP contribution in [0.4, 0.5) is 14.5 Å². The molecule has 0 aliphatic heterocycles. The van der Waals surface area contributed by atoms with Gasteiger partial charge in [0.05, 0.1) is 23.3 Å². The van der Waals surface area contributed by atoms with Crippen LogP contribution in [0.5, 0.6) is 5.75 Å². The number of sulfonamides is 1. The van der Waals surface area contributed by atoms with Gasteiger partial charge in [0.15, 0.2) is 0 Å². The van der Waals surface area contributed by atoms with E-state index in [-0.39, 0.29) is 16.2 Å². The zero-order chi connectivity index (χ0) is 18.6. The quantitative estimate of drug-likeness (QED) is 0.818. The van der Waals surface area contributed by atoms with E-state index in [2.05, 4.69) is 5.32 Å². The molecule has 0 saturated carbocycles. The summed E-state index contributed by atoms with van der Waals surface area (Å²) >= 11 is 0. The molecule has 2 aromatic carbocycles. The van der Waals surface area contributed by atoms with Gasteiger partial charge in [-0.05, 0) is 37.3 Å². The highest BCUT2D eigenvalue weighted by molar-refractivity contribution is 7.92. The third-order valence-corrected chi connectivity index (χ3v) is 4.60. The van der Waals surface area contributed by atoms with Crippen molar-refractivity contribution in [3.63, 3.8) is 0 Å². The summed E-state index contributed by atoms with van der Waals surface area (Å²) in [6.07, 6.45) is 0. The third kappa shape index (κ3) is 4.24. The van der Waals surface area contributed by atoms with E-state index in [1.54, 1.807) is 6.92 Å². The molecule has 6 nitrogen and oxygen atoms in total. The zero-order valence-corrected chi connectivity index (χ0v) is 14.3. The lowest BCUT2D eigenvalue weighted by atomic mass is 10.2. The van der Waals surface area contributed by atoms with Crippen molar-refractivity contribution in [2.24, 2.45) is 0 Å². The van der Waals surface area contributed by atoms with Crippen LogP contribution in [0.25, 0.3) is 0 Å². The fourth-order valence-corrected chi connectivity index (χ4v) is 3.16. The Hall–Kier alpha value is -2.68. The minimum Gasteiger partial charge on any atom is -0.496 e. The van der Waals surface area contributed by atoms with Crippen molar-refractivity contribution in [2.75, 3.05) is 18.4 Å². The van der Waals surface area contributed by atoms with E-state index in [4.69, 9.17) is 4.74 Å². The van der Waals surface area contributed by atoms with Crippen molar-refractivity contribution in [3.8, 4) is 5.75 Å². The number of anilines is 1. The Balaban J connectivity index is 2.42. The van der Waals surface area contributed by atoms with E-state index in [0.29, 0.717) is 12.6 Å². The summed E-state index contributed by atoms with van der Waals surface area (Å²) in [5.74, 6) is -2.20. The minimum absolute atomic E-state index is 0.0202. The maximum Gasteiger partial charge on any atom is 0.262 e. The topological polar surface area (TPSA) is 84.5 Å². The van der Waals surface area contributed by atoms with Crippen molar-refractivity contribution >= 4 is 21.6 Å². The van der Waals surface area contributed by atoms with E-state index in [0.717, 1.165) is 18.2 Å². The van der Waals surface area contributed by atoms with Crippen LogP contribution in [0.3, 0.4) is 0 Å². The van der Waals surface area contributed by atoms with Crippen LogP contribution < -0.4 is 14.8 Å². The first-order chi connectivity index (χ1) is 11.8. The number of rotatable bonds is 6. The molecule has 0 aliphatic carbocycles. The summed E-state index contributed by atoms with van der Waals surface area (Å²) in [5.41, 5.74) is -0.386. The number of hydrogen-bond donors (Lipinski definition) is 2. The molecule has 134 valence electrons. The van der Waals surface area contributed by atoms with Gasteiger partial charge in [0, 0.05) is 12.6 Å². The molecule has 2 aromatic rings. The number of amides is 1. The molecule has 2 N–H and O–H groups in total. The first kappa shape index (κ1) is 18.7. The summed E-state index contributed by atoms with van der Waals surface area (Å²) in [4.78, 5) is 11.8. The Morgan fingerprint density at radius 2 is 1.88 bits per heavy atom. The largest absolute Gasteiger partial charge is 0.496 e. The Morgan fingerprint density at radius 1 is 1.16 bits per heavy atom. The zero-order valence-electron chi connectivity index (χ0n) is 13.5. The first-order valence-electron chi connectivity index (χ1n) is 7.22. The molecule has 0 aliphatic rings. The van der Waals surface area contributed by atoms with Gasteiger partial charge < -0.3 is 10.1 Å². The number of hydrogen-bond acceptors (Lipinski definition) is 4. The van der Waals surface area contributed by atoms with Gasteiger partial charge in [-0.2, -0.15) is 0 Å². The van der Waals surface area contributed by atoms with Crippen LogP contribution >= 0.6 is 0 Å². The number of methoxy groups -OCH3 is 1. The van der Waals surface area contributed by atoms with E-state index in [1.807, 2.05) is 4.72 Å². The molecular weight excluding hydrogens is 354 g/mol. The molecule has 2 rings (SSSR count). The highest BCUT2D eigenvalue weighted by Gasteiger charge is 2.21. The average molecular weight is 370 g/mol. The van der Waals surface area contributed by atoms with Gasteiger partial charge in [-0.15, -0.1) is 0 Å². The van der Waals surface area contributed by atoms with Gasteiger partial charge >= 0.3 is 0 Å². The molecule has 0 spiro atoms. The molecule has 0 bridgehead atoms. The summed E-state index contributed by atoms with van der Waals surface area (Å²) in [7, 11) is -2.85. The Labute approximate surface area is 143 Å². The standard InChI is InChI=1S/C16H16F2N2O4S/c1-3-19-16(21)12-9-11(5-7-15(12)24-2)25(22,23)20-14-6-4-10(17)8-13(14)18/h4-9,20H,3H2,1-2H3,(H,19,21). The smallest absolute Gasteiger partial charge is 0.262 e. The van der Waals surface area contributed by atoms with Crippen molar-refractivity contribution in [1.29, 1.82) is 0 Å². The van der Waals surface area contributed by atoms with Gasteiger partial charge in [-0.1, -0.05) is 0 Å². The van der Waals surface area contributed by atoms with Crippen LogP contribution in [0.1, 0.15) is 17.3 Å². The van der Waals surface area contributed by atoms with Gasteiger partial charge in [0.1, 0.15) is 17.4 Å². The summed E-state index contributed by atoms with van der Waals surface area (Å²) < 4.78 is 58.5. The van der Waals surface area contributed by atoms with E-state index >= 15 is 0 Å².